The average molecular weight is 341 g/mol. The average Bonchev–Trinajstić information content (AvgIpc) is 2.82. The smallest absolute Gasteiger partial charge is 0.123 e. The summed E-state index contributed by atoms with van der Waals surface area (Å²) in [5.74, 6) is 2.29. The van der Waals surface area contributed by atoms with Gasteiger partial charge in [0.05, 0.1) is 0 Å². The standard InChI is InChI=1S/C17H22BrFO/c1-2-11-3-5-16(18)12(7-11)9-15-10-13-8-14(19)4-6-17(13)20-15/h4,6,8,11-12,15-16H,2-3,5,7,9-10H2,1H3. The van der Waals surface area contributed by atoms with Gasteiger partial charge in [0, 0.05) is 16.8 Å². The number of fused-ring (bicyclic) bond motifs is 1. The highest BCUT2D eigenvalue weighted by Crippen LogP contribution is 2.40. The van der Waals surface area contributed by atoms with Crippen LogP contribution in [0.15, 0.2) is 18.2 Å². The Kier molecular flexibility index (Phi) is 4.34. The number of rotatable bonds is 3. The molecular weight excluding hydrogens is 319 g/mol. The lowest BCUT2D eigenvalue weighted by molar-refractivity contribution is 0.161. The summed E-state index contributed by atoms with van der Waals surface area (Å²) < 4.78 is 19.2. The molecule has 2 aliphatic rings. The van der Waals surface area contributed by atoms with Crippen LogP contribution < -0.4 is 4.74 Å². The zero-order valence-corrected chi connectivity index (χ0v) is 13.5. The number of ether oxygens (including phenoxy) is 1. The van der Waals surface area contributed by atoms with Crippen LogP contribution in [0, 0.1) is 17.7 Å². The Bertz CT molecular complexity index is 476. The number of hydrogen-bond donors (Lipinski definition) is 0. The SMILES string of the molecule is CCC1CCC(Br)C(CC2Cc3cc(F)ccc3O2)C1. The summed E-state index contributed by atoms with van der Waals surface area (Å²) in [6, 6.07) is 4.88. The lowest BCUT2D eigenvalue weighted by Gasteiger charge is -2.34. The normalized spacial score (nSPS) is 32.8. The van der Waals surface area contributed by atoms with Gasteiger partial charge in [-0.3, -0.25) is 0 Å². The lowest BCUT2D eigenvalue weighted by Crippen LogP contribution is -2.29. The second-order valence-electron chi connectivity index (χ2n) is 6.30. The van der Waals surface area contributed by atoms with Crippen molar-refractivity contribution in [3.63, 3.8) is 0 Å². The van der Waals surface area contributed by atoms with E-state index in [0.717, 1.165) is 30.1 Å². The minimum Gasteiger partial charge on any atom is -0.490 e. The van der Waals surface area contributed by atoms with Crippen molar-refractivity contribution in [1.82, 2.24) is 0 Å². The van der Waals surface area contributed by atoms with Crippen molar-refractivity contribution in [3.05, 3.63) is 29.6 Å². The van der Waals surface area contributed by atoms with Crippen LogP contribution >= 0.6 is 15.9 Å². The Morgan fingerprint density at radius 2 is 2.20 bits per heavy atom. The van der Waals surface area contributed by atoms with E-state index < -0.39 is 0 Å². The third kappa shape index (κ3) is 3.03. The number of benzene rings is 1. The molecule has 1 aliphatic heterocycles. The molecule has 110 valence electrons. The molecule has 4 atom stereocenters. The molecule has 1 nitrogen and oxygen atoms in total. The van der Waals surface area contributed by atoms with Crippen LogP contribution in [0.2, 0.25) is 0 Å². The van der Waals surface area contributed by atoms with E-state index in [1.165, 1.54) is 31.7 Å². The predicted molar refractivity (Wildman–Crippen MR) is 83.0 cm³/mol. The molecule has 4 unspecified atom stereocenters. The van der Waals surface area contributed by atoms with Gasteiger partial charge in [0.25, 0.3) is 0 Å². The van der Waals surface area contributed by atoms with Crippen molar-refractivity contribution < 1.29 is 9.13 Å². The molecule has 1 heterocycles. The van der Waals surface area contributed by atoms with Gasteiger partial charge in [-0.2, -0.15) is 0 Å². The van der Waals surface area contributed by atoms with Crippen LogP contribution in [0.1, 0.15) is 44.6 Å². The number of hydrogen-bond acceptors (Lipinski definition) is 1. The molecule has 0 aromatic heterocycles. The first-order valence-electron chi connectivity index (χ1n) is 7.75. The molecule has 1 aliphatic carbocycles. The maximum atomic E-state index is 13.2. The third-order valence-corrected chi connectivity index (χ3v) is 6.11. The summed E-state index contributed by atoms with van der Waals surface area (Å²) in [6.45, 7) is 2.29. The molecular formula is C17H22BrFO. The molecule has 0 radical (unpaired) electrons. The molecule has 1 saturated carbocycles. The van der Waals surface area contributed by atoms with Crippen LogP contribution in [-0.2, 0) is 6.42 Å². The topological polar surface area (TPSA) is 9.23 Å². The van der Waals surface area contributed by atoms with Gasteiger partial charge in [0.1, 0.15) is 17.7 Å². The summed E-state index contributed by atoms with van der Waals surface area (Å²) in [7, 11) is 0. The van der Waals surface area contributed by atoms with E-state index in [1.54, 1.807) is 12.1 Å². The predicted octanol–water partition coefficient (Wildman–Crippen LogP) is 5.11. The van der Waals surface area contributed by atoms with Crippen LogP contribution in [0.5, 0.6) is 5.75 Å². The van der Waals surface area contributed by atoms with Gasteiger partial charge in [0.2, 0.25) is 0 Å². The first-order valence-corrected chi connectivity index (χ1v) is 8.66. The van der Waals surface area contributed by atoms with E-state index in [2.05, 4.69) is 22.9 Å². The van der Waals surface area contributed by atoms with E-state index in [-0.39, 0.29) is 11.9 Å². The molecule has 0 spiro atoms. The van der Waals surface area contributed by atoms with Gasteiger partial charge in [-0.05, 0) is 55.7 Å². The van der Waals surface area contributed by atoms with E-state index in [0.29, 0.717) is 10.7 Å². The molecule has 0 amide bonds. The van der Waals surface area contributed by atoms with Crippen molar-refractivity contribution in [3.8, 4) is 5.75 Å². The molecule has 3 heteroatoms. The summed E-state index contributed by atoms with van der Waals surface area (Å²) in [5, 5.41) is 0. The van der Waals surface area contributed by atoms with Gasteiger partial charge >= 0.3 is 0 Å². The first-order chi connectivity index (χ1) is 9.65. The van der Waals surface area contributed by atoms with Gasteiger partial charge in [-0.15, -0.1) is 0 Å². The van der Waals surface area contributed by atoms with E-state index in [4.69, 9.17) is 4.74 Å². The van der Waals surface area contributed by atoms with Crippen molar-refractivity contribution >= 4 is 15.9 Å². The minimum atomic E-state index is -0.157. The molecule has 1 fully saturated rings. The lowest BCUT2D eigenvalue weighted by atomic mass is 9.77. The van der Waals surface area contributed by atoms with Crippen molar-refractivity contribution in [2.45, 2.75) is 56.4 Å². The first kappa shape index (κ1) is 14.4. The zero-order valence-electron chi connectivity index (χ0n) is 11.9. The van der Waals surface area contributed by atoms with Gasteiger partial charge in [-0.25, -0.2) is 4.39 Å². The van der Waals surface area contributed by atoms with Crippen molar-refractivity contribution in [1.29, 1.82) is 0 Å². The summed E-state index contributed by atoms with van der Waals surface area (Å²) in [6.07, 6.45) is 7.39. The molecule has 20 heavy (non-hydrogen) atoms. The fraction of sp³-hybridized carbons (Fsp3) is 0.647. The van der Waals surface area contributed by atoms with E-state index in [9.17, 15) is 4.39 Å². The van der Waals surface area contributed by atoms with Gasteiger partial charge in [-0.1, -0.05) is 29.3 Å². The van der Waals surface area contributed by atoms with Crippen LogP contribution in [0.3, 0.4) is 0 Å². The second-order valence-corrected chi connectivity index (χ2v) is 7.47. The number of alkyl halides is 1. The molecule has 0 bridgehead atoms. The minimum absolute atomic E-state index is 0.157. The quantitative estimate of drug-likeness (QED) is 0.694. The third-order valence-electron chi connectivity index (χ3n) is 4.91. The molecule has 1 aromatic rings. The fourth-order valence-corrected chi connectivity index (χ4v) is 4.39. The molecule has 3 rings (SSSR count). The Balaban J connectivity index is 1.62. The highest BCUT2D eigenvalue weighted by Gasteiger charge is 2.33. The molecule has 1 aromatic carbocycles. The fourth-order valence-electron chi connectivity index (χ4n) is 3.70. The second kappa shape index (κ2) is 6.05. The molecule has 0 N–H and O–H groups in total. The van der Waals surface area contributed by atoms with Crippen LogP contribution in [-0.4, -0.2) is 10.9 Å². The number of halogens is 2. The summed E-state index contributed by atoms with van der Waals surface area (Å²) in [5.41, 5.74) is 1.03. The summed E-state index contributed by atoms with van der Waals surface area (Å²) in [4.78, 5) is 0.620. The Hall–Kier alpha value is -0.570. The zero-order chi connectivity index (χ0) is 14.1. The van der Waals surface area contributed by atoms with Crippen LogP contribution in [0.25, 0.3) is 0 Å². The van der Waals surface area contributed by atoms with E-state index in [1.807, 2.05) is 0 Å². The summed E-state index contributed by atoms with van der Waals surface area (Å²) >= 11 is 3.85. The monoisotopic (exact) mass is 340 g/mol. The maximum absolute atomic E-state index is 13.2. The van der Waals surface area contributed by atoms with Crippen molar-refractivity contribution in [2.75, 3.05) is 0 Å². The molecule has 0 saturated heterocycles. The van der Waals surface area contributed by atoms with Gasteiger partial charge in [0.15, 0.2) is 0 Å². The Labute approximate surface area is 129 Å². The highest BCUT2D eigenvalue weighted by atomic mass is 79.9. The Morgan fingerprint density at radius 3 is 3.00 bits per heavy atom. The van der Waals surface area contributed by atoms with E-state index >= 15 is 0 Å². The van der Waals surface area contributed by atoms with Crippen LogP contribution in [0.4, 0.5) is 4.39 Å². The largest absolute Gasteiger partial charge is 0.490 e. The van der Waals surface area contributed by atoms with Crippen molar-refractivity contribution in [2.24, 2.45) is 11.8 Å². The van der Waals surface area contributed by atoms with Gasteiger partial charge < -0.3 is 4.74 Å². The maximum Gasteiger partial charge on any atom is 0.123 e. The Morgan fingerprint density at radius 1 is 1.35 bits per heavy atom. The highest BCUT2D eigenvalue weighted by molar-refractivity contribution is 9.09.